The molecule has 4 unspecified atom stereocenters. The maximum Gasteiger partial charge on any atom is 0.241 e. The number of aryl methyl sites for hydroxylation is 4. The molecule has 0 radical (unpaired) electrons. The molecule has 12 rings (SSSR count). The van der Waals surface area contributed by atoms with E-state index in [1.165, 1.54) is 100 Å². The quantitative estimate of drug-likeness (QED) is 0.0797. The lowest BCUT2D eigenvalue weighted by Crippen LogP contribution is -2.36. The molecule has 1 fully saturated rings. The SMILES string of the molecule is C=C/C=C(\C=C)B(C1=C2C=CC=CC2CC=C1)c1ccc(-c2ccc(-c3ccc(C(C)C4=CCCC=C4)cc3)cc2)cc1.CC.CCc1ccc(C2CC2c2ccc(C)cc2)cc1.CCc1cccc2ccccc12.Cc1ccccc1. The fourth-order valence-electron chi connectivity index (χ4n) is 11.5. The van der Waals surface area contributed by atoms with E-state index in [9.17, 15) is 0 Å². The van der Waals surface area contributed by atoms with E-state index in [4.69, 9.17) is 0 Å². The highest BCUT2D eigenvalue weighted by atomic mass is 14.4. The van der Waals surface area contributed by atoms with E-state index in [-0.39, 0.29) is 6.71 Å². The topological polar surface area (TPSA) is 0 Å². The zero-order chi connectivity index (χ0) is 57.6. The van der Waals surface area contributed by atoms with Gasteiger partial charge in [0.25, 0.3) is 0 Å². The highest BCUT2D eigenvalue weighted by Crippen LogP contribution is 2.54. The summed E-state index contributed by atoms with van der Waals surface area (Å²) in [6.45, 7) is 23.2. The molecule has 1 saturated carbocycles. The van der Waals surface area contributed by atoms with Crippen molar-refractivity contribution in [3.63, 3.8) is 0 Å². The van der Waals surface area contributed by atoms with Crippen LogP contribution in [0, 0.1) is 19.8 Å². The van der Waals surface area contributed by atoms with Crippen molar-refractivity contribution in [3.8, 4) is 22.3 Å². The molecule has 4 atom stereocenters. The Morgan fingerprint density at radius 1 is 0.573 bits per heavy atom. The fourth-order valence-corrected chi connectivity index (χ4v) is 11.5. The molecule has 0 aromatic heterocycles. The van der Waals surface area contributed by atoms with Gasteiger partial charge in [0.1, 0.15) is 0 Å². The van der Waals surface area contributed by atoms with E-state index < -0.39 is 0 Å². The van der Waals surface area contributed by atoms with Gasteiger partial charge in [0.05, 0.1) is 0 Å². The molecule has 0 nitrogen and oxygen atoms in total. The third kappa shape index (κ3) is 15.8. The molecular weight excluding hydrogens is 984 g/mol. The van der Waals surface area contributed by atoms with Gasteiger partial charge in [-0.15, -0.1) is 0 Å². The van der Waals surface area contributed by atoms with E-state index in [1.54, 1.807) is 0 Å². The number of hydrogen-bond acceptors (Lipinski definition) is 0. The first-order valence-corrected chi connectivity index (χ1v) is 30.3. The Kier molecular flexibility index (Phi) is 22.3. The Bertz CT molecular complexity index is 3530. The second-order valence-electron chi connectivity index (χ2n) is 21.8. The minimum atomic E-state index is 0.105. The minimum absolute atomic E-state index is 0.105. The predicted molar refractivity (Wildman–Crippen MR) is 362 cm³/mol. The molecular formula is C81H85B. The monoisotopic (exact) mass is 1070 g/mol. The van der Waals surface area contributed by atoms with Crippen LogP contribution in [-0.2, 0) is 12.8 Å². The van der Waals surface area contributed by atoms with Crippen LogP contribution < -0.4 is 5.46 Å². The normalized spacial score (nSPS) is 16.7. The van der Waals surface area contributed by atoms with Gasteiger partial charge in [-0.05, 0) is 136 Å². The Labute approximate surface area is 494 Å². The molecule has 0 spiro atoms. The molecule has 4 aliphatic carbocycles. The van der Waals surface area contributed by atoms with Gasteiger partial charge < -0.3 is 0 Å². The summed E-state index contributed by atoms with van der Waals surface area (Å²) in [4.78, 5) is 0. The summed E-state index contributed by atoms with van der Waals surface area (Å²) in [5.41, 5.74) is 21.5. The van der Waals surface area contributed by atoms with Crippen LogP contribution in [0.15, 0.2) is 302 Å². The van der Waals surface area contributed by atoms with Gasteiger partial charge in [-0.25, -0.2) is 0 Å². The second-order valence-corrected chi connectivity index (χ2v) is 21.8. The average Bonchev–Trinajstić information content (AvgIpc) is 4.52. The summed E-state index contributed by atoms with van der Waals surface area (Å²) >= 11 is 0. The van der Waals surface area contributed by atoms with Crippen LogP contribution in [0.4, 0.5) is 0 Å². The van der Waals surface area contributed by atoms with Gasteiger partial charge in [-0.2, -0.15) is 0 Å². The van der Waals surface area contributed by atoms with Gasteiger partial charge in [-0.3, -0.25) is 0 Å². The van der Waals surface area contributed by atoms with Crippen LogP contribution >= 0.6 is 0 Å². The van der Waals surface area contributed by atoms with Crippen molar-refractivity contribution >= 4 is 22.9 Å². The van der Waals surface area contributed by atoms with Crippen molar-refractivity contribution in [2.45, 2.75) is 105 Å². The molecule has 0 aliphatic heterocycles. The Morgan fingerprint density at radius 2 is 1.16 bits per heavy atom. The summed E-state index contributed by atoms with van der Waals surface area (Å²) in [6.07, 6.45) is 33.3. The highest BCUT2D eigenvalue weighted by Gasteiger charge is 2.39. The minimum Gasteiger partial charge on any atom is -0.0996 e. The van der Waals surface area contributed by atoms with Crippen LogP contribution in [0.25, 0.3) is 33.0 Å². The molecule has 0 N–H and O–H groups in total. The van der Waals surface area contributed by atoms with Gasteiger partial charge in [0, 0.05) is 11.8 Å². The van der Waals surface area contributed by atoms with Crippen LogP contribution in [0.1, 0.15) is 117 Å². The van der Waals surface area contributed by atoms with Crippen LogP contribution in [0.3, 0.4) is 0 Å². The van der Waals surface area contributed by atoms with Crippen molar-refractivity contribution in [2.24, 2.45) is 5.92 Å². The molecule has 1 heteroatoms. The van der Waals surface area contributed by atoms with Crippen LogP contribution in [-0.4, -0.2) is 6.71 Å². The maximum atomic E-state index is 4.16. The van der Waals surface area contributed by atoms with Gasteiger partial charge in [0.15, 0.2) is 0 Å². The number of fused-ring (bicyclic) bond motifs is 2. The lowest BCUT2D eigenvalue weighted by Gasteiger charge is -2.27. The third-order valence-corrected chi connectivity index (χ3v) is 16.4. The lowest BCUT2D eigenvalue weighted by atomic mass is 9.34. The zero-order valence-electron chi connectivity index (χ0n) is 49.9. The summed E-state index contributed by atoms with van der Waals surface area (Å²) < 4.78 is 0. The first-order valence-electron chi connectivity index (χ1n) is 30.3. The maximum absolute atomic E-state index is 4.16. The first-order chi connectivity index (χ1) is 40.2. The summed E-state index contributed by atoms with van der Waals surface area (Å²) in [6, 6.07) is 70.6. The first kappa shape index (κ1) is 59.9. The molecule has 4 aliphatic rings. The van der Waals surface area contributed by atoms with Crippen LogP contribution in [0.5, 0.6) is 0 Å². The van der Waals surface area contributed by atoms with Crippen molar-refractivity contribution in [3.05, 3.63) is 341 Å². The van der Waals surface area contributed by atoms with Crippen molar-refractivity contribution in [1.29, 1.82) is 0 Å². The predicted octanol–water partition coefficient (Wildman–Crippen LogP) is 21.7. The molecule has 0 bridgehead atoms. The second kappa shape index (κ2) is 30.5. The lowest BCUT2D eigenvalue weighted by molar-refractivity contribution is 0.776. The standard InChI is InChI=1S/C42H39B.C18H20.C12H12.C7H8.C2H6/c1-4-12-39(5-2)43(42-18-11-16-38-15-9-10-17-41(38)42)40-29-27-37(28-30-40)36-25-23-35(24-26-36)34-21-19-33(20-22-34)31(3)32-13-7-6-8-14-32;1-3-14-6-10-16(11-7-14)18-12-17(18)15-8-4-13(2)5-9-15;1-2-10-7-5-8-11-6-3-4-9-12(10)11;1-7-5-3-2-4-6-7;1-2/h4-5,7,9-15,17-31,38H,1-2,6,8,16H2,3H3;4-11,17-18H,3,12H2,1-2H3;3-9H,2H2,1H3;2-6H,1H3;1-2H3/b39-12+;;;;. The van der Waals surface area contributed by atoms with E-state index in [1.807, 2.05) is 44.2 Å². The number of allylic oxidation sites excluding steroid dienone is 16. The van der Waals surface area contributed by atoms with Gasteiger partial charge in [-0.1, -0.05) is 342 Å². The molecule has 412 valence electrons. The third-order valence-electron chi connectivity index (χ3n) is 16.4. The van der Waals surface area contributed by atoms with E-state index >= 15 is 0 Å². The van der Waals surface area contributed by atoms with E-state index in [0.717, 1.165) is 49.4 Å². The van der Waals surface area contributed by atoms with Gasteiger partial charge >= 0.3 is 0 Å². The van der Waals surface area contributed by atoms with E-state index in [2.05, 4.69) is 284 Å². The number of benzene rings is 8. The molecule has 8 aromatic rings. The highest BCUT2D eigenvalue weighted by molar-refractivity contribution is 6.87. The van der Waals surface area contributed by atoms with Crippen molar-refractivity contribution < 1.29 is 0 Å². The average molecular weight is 1070 g/mol. The molecule has 0 saturated heterocycles. The molecule has 8 aromatic carbocycles. The number of hydrogen-bond donors (Lipinski definition) is 0. The smallest absolute Gasteiger partial charge is 0.0996 e. The fraction of sp³-hybridized carbons (Fsp3) is 0.210. The largest absolute Gasteiger partial charge is 0.241 e. The Hall–Kier alpha value is -8.26. The summed E-state index contributed by atoms with van der Waals surface area (Å²) in [7, 11) is 0. The summed E-state index contributed by atoms with van der Waals surface area (Å²) in [5.74, 6) is 2.36. The summed E-state index contributed by atoms with van der Waals surface area (Å²) in [5, 5.41) is 2.74. The Morgan fingerprint density at radius 3 is 1.73 bits per heavy atom. The Balaban J connectivity index is 0.000000181. The van der Waals surface area contributed by atoms with Crippen molar-refractivity contribution in [1.82, 2.24) is 0 Å². The molecule has 82 heavy (non-hydrogen) atoms. The number of rotatable bonds is 13. The molecule has 0 heterocycles. The van der Waals surface area contributed by atoms with Crippen LogP contribution in [0.2, 0.25) is 0 Å². The van der Waals surface area contributed by atoms with Gasteiger partial charge in [0.2, 0.25) is 6.71 Å². The van der Waals surface area contributed by atoms with Crippen molar-refractivity contribution in [2.75, 3.05) is 0 Å². The molecule has 0 amide bonds. The van der Waals surface area contributed by atoms with E-state index in [0.29, 0.717) is 11.8 Å². The zero-order valence-corrected chi connectivity index (χ0v) is 49.9.